The van der Waals surface area contributed by atoms with Crippen LogP contribution in [-0.4, -0.2) is 16.9 Å². The molecule has 0 fully saturated rings. The second-order valence-corrected chi connectivity index (χ2v) is 4.27. The van der Waals surface area contributed by atoms with Gasteiger partial charge in [0.1, 0.15) is 6.42 Å². The summed E-state index contributed by atoms with van der Waals surface area (Å²) in [4.78, 5) is 10.3. The van der Waals surface area contributed by atoms with Crippen LogP contribution in [-0.2, 0) is 9.36 Å². The number of hydrogen-bond acceptors (Lipinski definition) is 4. The van der Waals surface area contributed by atoms with Crippen LogP contribution in [0.3, 0.4) is 0 Å². The SMILES string of the molecule is NC(CC(=O)O)[P+](=O)Oc1ccccc1. The lowest BCUT2D eigenvalue weighted by molar-refractivity contribution is -0.137. The molecule has 80 valence electrons. The average molecular weight is 228 g/mol. The highest BCUT2D eigenvalue weighted by atomic mass is 31.1. The van der Waals surface area contributed by atoms with E-state index in [9.17, 15) is 9.36 Å². The molecule has 2 unspecified atom stereocenters. The summed E-state index contributed by atoms with van der Waals surface area (Å²) in [5.74, 6) is -1.67. The number of rotatable bonds is 5. The van der Waals surface area contributed by atoms with Crippen LogP contribution in [0.5, 0.6) is 5.75 Å². The Morgan fingerprint density at radius 1 is 1.47 bits per heavy atom. The zero-order valence-electron chi connectivity index (χ0n) is 7.87. The Balaban J connectivity index is 2.52. The van der Waals surface area contributed by atoms with E-state index < -0.39 is 19.8 Å². The molecule has 0 aliphatic heterocycles. The predicted molar refractivity (Wildman–Crippen MR) is 54.9 cm³/mol. The molecule has 0 heterocycles. The lowest BCUT2D eigenvalue weighted by Crippen LogP contribution is -2.20. The van der Waals surface area contributed by atoms with E-state index in [1.807, 2.05) is 0 Å². The Kier molecular flexibility index (Phi) is 4.21. The number of hydrogen-bond donors (Lipinski definition) is 2. The van der Waals surface area contributed by atoms with Crippen molar-refractivity contribution in [2.45, 2.75) is 12.2 Å². The summed E-state index contributed by atoms with van der Waals surface area (Å²) in [6, 6.07) is 8.49. The first-order valence-corrected chi connectivity index (χ1v) is 5.51. The summed E-state index contributed by atoms with van der Waals surface area (Å²) < 4.78 is 16.4. The van der Waals surface area contributed by atoms with Crippen molar-refractivity contribution in [3.63, 3.8) is 0 Å². The summed E-state index contributed by atoms with van der Waals surface area (Å²) in [6.07, 6.45) is -0.373. The Morgan fingerprint density at radius 2 is 2.07 bits per heavy atom. The first kappa shape index (κ1) is 11.6. The van der Waals surface area contributed by atoms with Gasteiger partial charge in [-0.3, -0.25) is 15.1 Å². The molecule has 15 heavy (non-hydrogen) atoms. The van der Waals surface area contributed by atoms with Crippen LogP contribution in [0.25, 0.3) is 0 Å². The minimum atomic E-state index is -2.20. The van der Waals surface area contributed by atoms with E-state index in [4.69, 9.17) is 15.4 Å². The Morgan fingerprint density at radius 3 is 2.60 bits per heavy atom. The van der Waals surface area contributed by atoms with Gasteiger partial charge in [0.05, 0.1) is 0 Å². The molecule has 0 amide bonds. The zero-order chi connectivity index (χ0) is 11.3. The minimum absolute atomic E-state index is 0.373. The van der Waals surface area contributed by atoms with E-state index >= 15 is 0 Å². The Hall–Kier alpha value is -1.45. The van der Waals surface area contributed by atoms with E-state index in [1.54, 1.807) is 30.3 Å². The van der Waals surface area contributed by atoms with Gasteiger partial charge in [-0.05, 0) is 16.7 Å². The van der Waals surface area contributed by atoms with Crippen molar-refractivity contribution in [3.8, 4) is 5.75 Å². The molecule has 0 spiro atoms. The fourth-order valence-corrected chi connectivity index (χ4v) is 1.68. The maximum atomic E-state index is 11.4. The summed E-state index contributed by atoms with van der Waals surface area (Å²) in [6.45, 7) is 0. The molecule has 3 N–H and O–H groups in total. The minimum Gasteiger partial charge on any atom is -0.481 e. The summed E-state index contributed by atoms with van der Waals surface area (Å²) in [7, 11) is -2.20. The monoisotopic (exact) mass is 228 g/mol. The van der Waals surface area contributed by atoms with E-state index in [1.165, 1.54) is 0 Å². The molecule has 0 saturated carbocycles. The van der Waals surface area contributed by atoms with Crippen LogP contribution < -0.4 is 10.3 Å². The molecular weight excluding hydrogens is 217 g/mol. The van der Waals surface area contributed by atoms with Gasteiger partial charge in [0, 0.05) is 0 Å². The topological polar surface area (TPSA) is 89.6 Å². The average Bonchev–Trinajstić information content (AvgIpc) is 2.18. The zero-order valence-corrected chi connectivity index (χ0v) is 8.76. The molecule has 0 bridgehead atoms. The van der Waals surface area contributed by atoms with Gasteiger partial charge >= 0.3 is 14.0 Å². The van der Waals surface area contributed by atoms with E-state index in [0.717, 1.165) is 0 Å². The van der Waals surface area contributed by atoms with Crippen LogP contribution in [0.4, 0.5) is 0 Å². The van der Waals surface area contributed by atoms with E-state index in [-0.39, 0.29) is 6.42 Å². The van der Waals surface area contributed by atoms with Crippen molar-refractivity contribution >= 4 is 14.0 Å². The van der Waals surface area contributed by atoms with Crippen molar-refractivity contribution < 1.29 is 19.0 Å². The van der Waals surface area contributed by atoms with Crippen LogP contribution >= 0.6 is 8.03 Å². The van der Waals surface area contributed by atoms with Gasteiger partial charge in [0.2, 0.25) is 0 Å². The molecule has 2 atom stereocenters. The summed E-state index contributed by atoms with van der Waals surface area (Å²) in [5.41, 5.74) is 5.38. The molecule has 1 aromatic rings. The first-order valence-electron chi connectivity index (χ1n) is 4.26. The van der Waals surface area contributed by atoms with E-state index in [0.29, 0.717) is 5.75 Å². The number of carboxylic acid groups (broad SMARTS) is 1. The Bertz CT molecular complexity index is 354. The highest BCUT2D eigenvalue weighted by molar-refractivity contribution is 7.40. The van der Waals surface area contributed by atoms with Crippen molar-refractivity contribution in [2.24, 2.45) is 5.73 Å². The number of nitrogens with two attached hydrogens (primary N) is 1. The maximum absolute atomic E-state index is 11.4. The normalized spacial score (nSPS) is 13.0. The fraction of sp³-hybridized carbons (Fsp3) is 0.222. The second kappa shape index (κ2) is 5.44. The van der Waals surface area contributed by atoms with Gasteiger partial charge in [-0.15, -0.1) is 0 Å². The highest BCUT2D eigenvalue weighted by Gasteiger charge is 2.32. The quantitative estimate of drug-likeness (QED) is 0.746. The highest BCUT2D eigenvalue weighted by Crippen LogP contribution is 2.30. The third-order valence-corrected chi connectivity index (χ3v) is 2.71. The van der Waals surface area contributed by atoms with E-state index in [2.05, 4.69) is 0 Å². The molecule has 1 rings (SSSR count). The van der Waals surface area contributed by atoms with Crippen LogP contribution in [0.15, 0.2) is 30.3 Å². The van der Waals surface area contributed by atoms with Crippen LogP contribution in [0.1, 0.15) is 6.42 Å². The molecule has 0 saturated heterocycles. The fourth-order valence-electron chi connectivity index (χ4n) is 0.906. The number of carboxylic acids is 1. The molecule has 1 aromatic carbocycles. The van der Waals surface area contributed by atoms with Crippen molar-refractivity contribution in [2.75, 3.05) is 0 Å². The number of benzene rings is 1. The Labute approximate surface area is 87.7 Å². The molecular formula is C9H11NO4P+. The van der Waals surface area contributed by atoms with Gasteiger partial charge < -0.3 is 5.11 Å². The molecule has 0 aliphatic carbocycles. The molecule has 0 aromatic heterocycles. The molecule has 0 aliphatic rings. The summed E-state index contributed by atoms with van der Waals surface area (Å²) in [5, 5.41) is 8.43. The van der Waals surface area contributed by atoms with Gasteiger partial charge in [0.15, 0.2) is 5.75 Å². The second-order valence-electron chi connectivity index (χ2n) is 2.85. The predicted octanol–water partition coefficient (Wildman–Crippen LogP) is 1.57. The first-order chi connectivity index (χ1) is 7.09. The summed E-state index contributed by atoms with van der Waals surface area (Å²) >= 11 is 0. The van der Waals surface area contributed by atoms with Crippen LogP contribution in [0.2, 0.25) is 0 Å². The number of carbonyl (C=O) groups is 1. The lowest BCUT2D eigenvalue weighted by Gasteiger charge is -1.97. The van der Waals surface area contributed by atoms with Crippen molar-refractivity contribution in [3.05, 3.63) is 30.3 Å². The lowest BCUT2D eigenvalue weighted by atomic mass is 10.3. The van der Waals surface area contributed by atoms with Gasteiger partial charge in [-0.25, -0.2) is 0 Å². The maximum Gasteiger partial charge on any atom is 0.575 e. The number of para-hydroxylation sites is 1. The molecule has 0 radical (unpaired) electrons. The number of aliphatic carboxylic acids is 1. The van der Waals surface area contributed by atoms with Crippen molar-refractivity contribution in [1.29, 1.82) is 0 Å². The largest absolute Gasteiger partial charge is 0.575 e. The van der Waals surface area contributed by atoms with Crippen LogP contribution in [0, 0.1) is 0 Å². The van der Waals surface area contributed by atoms with Gasteiger partial charge in [-0.2, -0.15) is 0 Å². The smallest absolute Gasteiger partial charge is 0.481 e. The third kappa shape index (κ3) is 4.06. The van der Waals surface area contributed by atoms with Gasteiger partial charge in [-0.1, -0.05) is 18.2 Å². The third-order valence-electron chi connectivity index (χ3n) is 1.59. The standard InChI is InChI=1S/C9H10NO4P/c10-8(6-9(11)12)15(13)14-7-4-2-1-3-5-7/h1-5,8H,6,10H2/p+1. The van der Waals surface area contributed by atoms with Crippen molar-refractivity contribution in [1.82, 2.24) is 0 Å². The molecule has 5 nitrogen and oxygen atoms in total. The molecule has 6 heteroatoms. The van der Waals surface area contributed by atoms with Gasteiger partial charge in [0.25, 0.3) is 5.78 Å².